The van der Waals surface area contributed by atoms with E-state index in [2.05, 4.69) is 15.6 Å². The van der Waals surface area contributed by atoms with Crippen LogP contribution in [-0.4, -0.2) is 72.1 Å². The largest absolute Gasteiger partial charge is 0.493 e. The Kier molecular flexibility index (Phi) is 5.24. The monoisotopic (exact) mass is 406 g/mol. The van der Waals surface area contributed by atoms with E-state index < -0.39 is 30.6 Å². The molecule has 3 N–H and O–H groups in total. The second-order valence-corrected chi connectivity index (χ2v) is 7.50. The van der Waals surface area contributed by atoms with Crippen LogP contribution < -0.4 is 20.1 Å². The molecule has 158 valence electrons. The van der Waals surface area contributed by atoms with E-state index in [1.54, 1.807) is 37.2 Å². The number of urea groups is 1. The third kappa shape index (κ3) is 3.47. The van der Waals surface area contributed by atoms with Crippen LogP contribution in [0.5, 0.6) is 11.5 Å². The molecular formula is C19H26N4O6. The van der Waals surface area contributed by atoms with Crippen molar-refractivity contribution in [3.8, 4) is 11.5 Å². The normalized spacial score (nSPS) is 28.6. The molecule has 0 aliphatic carbocycles. The maximum Gasteiger partial charge on any atom is 0.315 e. The van der Waals surface area contributed by atoms with Crippen LogP contribution in [0.25, 0.3) is 11.0 Å². The number of carbonyl (C=O) groups is 1. The van der Waals surface area contributed by atoms with E-state index in [0.29, 0.717) is 17.0 Å². The topological polar surface area (TPSA) is 116 Å². The van der Waals surface area contributed by atoms with Crippen LogP contribution in [0.15, 0.2) is 18.5 Å². The lowest BCUT2D eigenvalue weighted by molar-refractivity contribution is -0.162. The summed E-state index contributed by atoms with van der Waals surface area (Å²) in [6, 6.07) is 1.95. The number of methoxy groups -OCH3 is 2. The van der Waals surface area contributed by atoms with Gasteiger partial charge in [-0.15, -0.1) is 0 Å². The Labute approximate surface area is 168 Å². The molecule has 3 heterocycles. The number of benzene rings is 1. The Morgan fingerprint density at radius 2 is 2.03 bits per heavy atom. The van der Waals surface area contributed by atoms with Crippen molar-refractivity contribution in [2.75, 3.05) is 20.8 Å². The maximum atomic E-state index is 12.2. The quantitative estimate of drug-likeness (QED) is 0.672. The van der Waals surface area contributed by atoms with Crippen LogP contribution in [0.2, 0.25) is 0 Å². The van der Waals surface area contributed by atoms with Gasteiger partial charge in [0, 0.05) is 18.2 Å². The number of ether oxygens (including phenoxy) is 4. The van der Waals surface area contributed by atoms with Crippen molar-refractivity contribution >= 4 is 17.1 Å². The summed E-state index contributed by atoms with van der Waals surface area (Å²) in [6.45, 7) is 4.02. The summed E-state index contributed by atoms with van der Waals surface area (Å²) in [7, 11) is 3.12. The number of aliphatic hydroxyl groups is 1. The van der Waals surface area contributed by atoms with Gasteiger partial charge < -0.3 is 39.3 Å². The van der Waals surface area contributed by atoms with Crippen molar-refractivity contribution in [1.29, 1.82) is 0 Å². The van der Waals surface area contributed by atoms with Crippen LogP contribution in [0.4, 0.5) is 4.79 Å². The van der Waals surface area contributed by atoms with Gasteiger partial charge in [0.1, 0.15) is 18.2 Å². The number of imidazole rings is 1. The number of amides is 2. The molecule has 2 bridgehead atoms. The number of nitrogens with zero attached hydrogens (tertiary/aromatic N) is 2. The van der Waals surface area contributed by atoms with E-state index in [-0.39, 0.29) is 18.7 Å². The molecule has 2 fully saturated rings. The zero-order chi connectivity index (χ0) is 20.7. The first-order chi connectivity index (χ1) is 13.9. The summed E-state index contributed by atoms with van der Waals surface area (Å²) in [4.78, 5) is 16.6. The van der Waals surface area contributed by atoms with Crippen molar-refractivity contribution in [3.63, 3.8) is 0 Å². The van der Waals surface area contributed by atoms with Gasteiger partial charge in [-0.2, -0.15) is 0 Å². The fourth-order valence-corrected chi connectivity index (χ4v) is 3.92. The van der Waals surface area contributed by atoms with Gasteiger partial charge in [0.05, 0.1) is 44.2 Å². The highest BCUT2D eigenvalue weighted by Gasteiger charge is 2.51. The van der Waals surface area contributed by atoms with Crippen LogP contribution >= 0.6 is 0 Å². The lowest BCUT2D eigenvalue weighted by Crippen LogP contribution is -2.60. The Morgan fingerprint density at radius 3 is 2.72 bits per heavy atom. The number of aromatic nitrogens is 2. The second-order valence-electron chi connectivity index (χ2n) is 7.50. The fraction of sp³-hybridized carbons (Fsp3) is 0.579. The Balaban J connectivity index is 1.68. The lowest BCUT2D eigenvalue weighted by Gasteiger charge is -2.39. The van der Waals surface area contributed by atoms with Crippen molar-refractivity contribution < 1.29 is 28.8 Å². The van der Waals surface area contributed by atoms with Crippen molar-refractivity contribution in [1.82, 2.24) is 20.2 Å². The Bertz CT molecular complexity index is 900. The number of carbonyl (C=O) groups excluding carboxylic acids is 1. The van der Waals surface area contributed by atoms with Gasteiger partial charge in [-0.25, -0.2) is 9.78 Å². The average Bonchev–Trinajstić information content (AvgIpc) is 3.29. The SMILES string of the molecule is COc1cc2ncn(C3C4OCC(O4)C(NC(=O)NC(C)C)C3O)c2cc1OC. The molecular weight excluding hydrogens is 380 g/mol. The standard InChI is InChI=1S/C19H26N4O6/c1-9(2)21-19(25)22-15-14-7-28-18(29-14)16(17(15)24)23-8-20-10-5-12(26-3)13(27-4)6-11(10)23/h5-6,8-9,14-18,24H,7H2,1-4H3,(H2,21,22,25). The zero-order valence-electron chi connectivity index (χ0n) is 16.8. The van der Waals surface area contributed by atoms with E-state index in [9.17, 15) is 9.90 Å². The van der Waals surface area contributed by atoms with Crippen molar-refractivity contribution in [2.24, 2.45) is 0 Å². The summed E-state index contributed by atoms with van der Waals surface area (Å²) in [5, 5.41) is 16.7. The summed E-state index contributed by atoms with van der Waals surface area (Å²) in [5.41, 5.74) is 1.41. The minimum atomic E-state index is -0.940. The first-order valence-corrected chi connectivity index (χ1v) is 9.53. The highest BCUT2D eigenvalue weighted by Crippen LogP contribution is 2.39. The van der Waals surface area contributed by atoms with Gasteiger partial charge in [0.2, 0.25) is 0 Å². The highest BCUT2D eigenvalue weighted by atomic mass is 16.7. The molecule has 4 rings (SSSR count). The van der Waals surface area contributed by atoms with Crippen LogP contribution in [0.1, 0.15) is 19.9 Å². The minimum absolute atomic E-state index is 0.0277. The molecule has 5 unspecified atom stereocenters. The summed E-state index contributed by atoms with van der Waals surface area (Å²) < 4.78 is 24.2. The molecule has 2 saturated heterocycles. The smallest absolute Gasteiger partial charge is 0.315 e. The molecule has 2 amide bonds. The minimum Gasteiger partial charge on any atom is -0.493 e. The summed E-state index contributed by atoms with van der Waals surface area (Å²) in [5.74, 6) is 1.11. The van der Waals surface area contributed by atoms with E-state index in [4.69, 9.17) is 18.9 Å². The van der Waals surface area contributed by atoms with Gasteiger partial charge >= 0.3 is 6.03 Å². The molecule has 0 spiro atoms. The molecule has 2 aliphatic heterocycles. The average molecular weight is 406 g/mol. The van der Waals surface area contributed by atoms with Gasteiger partial charge in [-0.05, 0) is 13.8 Å². The molecule has 0 radical (unpaired) electrons. The fourth-order valence-electron chi connectivity index (χ4n) is 3.92. The number of hydrogen-bond donors (Lipinski definition) is 3. The summed E-state index contributed by atoms with van der Waals surface area (Å²) >= 11 is 0. The second kappa shape index (κ2) is 7.69. The number of rotatable bonds is 5. The van der Waals surface area contributed by atoms with Gasteiger partial charge in [-0.3, -0.25) is 0 Å². The van der Waals surface area contributed by atoms with Crippen molar-refractivity contribution in [3.05, 3.63) is 18.5 Å². The number of aliphatic hydroxyl groups excluding tert-OH is 1. The first kappa shape index (κ1) is 19.7. The summed E-state index contributed by atoms with van der Waals surface area (Å²) in [6.07, 6.45) is -0.390. The number of fused-ring (bicyclic) bond motifs is 3. The molecule has 5 atom stereocenters. The lowest BCUT2D eigenvalue weighted by atomic mass is 9.95. The first-order valence-electron chi connectivity index (χ1n) is 9.53. The van der Waals surface area contributed by atoms with Crippen molar-refractivity contribution in [2.45, 2.75) is 50.5 Å². The van der Waals surface area contributed by atoms with Crippen LogP contribution in [0.3, 0.4) is 0 Å². The van der Waals surface area contributed by atoms with Gasteiger partial charge in [0.25, 0.3) is 0 Å². The van der Waals surface area contributed by atoms with Gasteiger partial charge in [-0.1, -0.05) is 0 Å². The van der Waals surface area contributed by atoms with Crippen LogP contribution in [-0.2, 0) is 9.47 Å². The number of hydrogen-bond acceptors (Lipinski definition) is 7. The molecule has 0 saturated carbocycles. The van der Waals surface area contributed by atoms with E-state index in [0.717, 1.165) is 5.52 Å². The predicted molar refractivity (Wildman–Crippen MR) is 103 cm³/mol. The molecule has 2 aliphatic rings. The predicted octanol–water partition coefficient (Wildman–Crippen LogP) is 0.787. The molecule has 1 aromatic heterocycles. The van der Waals surface area contributed by atoms with Gasteiger partial charge in [0.15, 0.2) is 17.8 Å². The van der Waals surface area contributed by atoms with Crippen LogP contribution in [0, 0.1) is 0 Å². The Hall–Kier alpha value is -2.56. The highest BCUT2D eigenvalue weighted by molar-refractivity contribution is 5.80. The number of nitrogens with one attached hydrogen (secondary N) is 2. The molecule has 29 heavy (non-hydrogen) atoms. The molecule has 1 aromatic carbocycles. The molecule has 2 aromatic rings. The Morgan fingerprint density at radius 1 is 1.31 bits per heavy atom. The van der Waals surface area contributed by atoms with E-state index in [1.165, 1.54) is 0 Å². The molecule has 10 nitrogen and oxygen atoms in total. The zero-order valence-corrected chi connectivity index (χ0v) is 16.8. The van der Waals surface area contributed by atoms with E-state index >= 15 is 0 Å². The third-order valence-corrected chi connectivity index (χ3v) is 5.25. The third-order valence-electron chi connectivity index (χ3n) is 5.25. The van der Waals surface area contributed by atoms with E-state index in [1.807, 2.05) is 13.8 Å². The molecule has 10 heteroatoms. The maximum absolute atomic E-state index is 12.2.